The lowest BCUT2D eigenvalue weighted by molar-refractivity contribution is 0.155. The molecule has 0 radical (unpaired) electrons. The molecular formula is C10H10F2O. The van der Waals surface area contributed by atoms with Crippen molar-refractivity contribution < 1.29 is 13.9 Å². The van der Waals surface area contributed by atoms with Gasteiger partial charge in [-0.3, -0.25) is 0 Å². The number of halogens is 2. The third-order valence-electron chi connectivity index (χ3n) is 2.46. The van der Waals surface area contributed by atoms with E-state index in [0.717, 1.165) is 12.5 Å². The van der Waals surface area contributed by atoms with Gasteiger partial charge in [-0.25, -0.2) is 8.78 Å². The molecule has 1 aromatic rings. The molecule has 0 unspecified atom stereocenters. The molecule has 0 heterocycles. The van der Waals surface area contributed by atoms with Crippen LogP contribution in [0.4, 0.5) is 8.78 Å². The van der Waals surface area contributed by atoms with E-state index < -0.39 is 17.7 Å². The third-order valence-corrected chi connectivity index (χ3v) is 2.46. The van der Waals surface area contributed by atoms with Crippen LogP contribution in [0.25, 0.3) is 0 Å². The maximum absolute atomic E-state index is 13.2. The van der Waals surface area contributed by atoms with E-state index in [2.05, 4.69) is 0 Å². The number of aliphatic hydroxyl groups excluding tert-OH is 1. The number of hydrogen-bond acceptors (Lipinski definition) is 1. The lowest BCUT2D eigenvalue weighted by Gasteiger charge is -2.21. The molecule has 0 aliphatic heterocycles. The minimum Gasteiger partial charge on any atom is -0.388 e. The lowest BCUT2D eigenvalue weighted by atomic mass is 9.89. The predicted octanol–water partition coefficient (Wildman–Crippen LogP) is 2.33. The van der Waals surface area contributed by atoms with Gasteiger partial charge in [0.05, 0.1) is 6.10 Å². The molecule has 0 aromatic heterocycles. The lowest BCUT2D eigenvalue weighted by Crippen LogP contribution is -2.11. The van der Waals surface area contributed by atoms with Crippen molar-refractivity contribution in [1.82, 2.24) is 0 Å². The van der Waals surface area contributed by atoms with Gasteiger partial charge in [0.15, 0.2) is 0 Å². The summed E-state index contributed by atoms with van der Waals surface area (Å²) < 4.78 is 25.9. The molecule has 0 saturated heterocycles. The average Bonchev–Trinajstić information content (AvgIpc) is 2.07. The second kappa shape index (κ2) is 3.07. The fourth-order valence-corrected chi connectivity index (χ4v) is 1.81. The monoisotopic (exact) mass is 184 g/mol. The Balaban J connectivity index is 2.56. The quantitative estimate of drug-likeness (QED) is 0.656. The zero-order valence-corrected chi connectivity index (χ0v) is 7.06. The summed E-state index contributed by atoms with van der Waals surface area (Å²) in [6.07, 6.45) is 1.25. The SMILES string of the molecule is O[C@H]1CCCc2c(F)cc(F)cc21. The summed E-state index contributed by atoms with van der Waals surface area (Å²) in [5.41, 5.74) is 0.893. The number of hydrogen-bond donors (Lipinski definition) is 1. The van der Waals surface area contributed by atoms with Gasteiger partial charge in [0.25, 0.3) is 0 Å². The first-order valence-corrected chi connectivity index (χ1v) is 4.34. The molecule has 0 saturated carbocycles. The van der Waals surface area contributed by atoms with Gasteiger partial charge < -0.3 is 5.11 Å². The van der Waals surface area contributed by atoms with Crippen molar-refractivity contribution in [3.8, 4) is 0 Å². The van der Waals surface area contributed by atoms with Gasteiger partial charge >= 0.3 is 0 Å². The van der Waals surface area contributed by atoms with E-state index >= 15 is 0 Å². The summed E-state index contributed by atoms with van der Waals surface area (Å²) in [5, 5.41) is 9.48. The van der Waals surface area contributed by atoms with Crippen molar-refractivity contribution in [3.05, 3.63) is 34.9 Å². The minimum atomic E-state index is -0.700. The first-order valence-electron chi connectivity index (χ1n) is 4.34. The fourth-order valence-electron chi connectivity index (χ4n) is 1.81. The minimum absolute atomic E-state index is 0.420. The highest BCUT2D eigenvalue weighted by atomic mass is 19.1. The fraction of sp³-hybridized carbons (Fsp3) is 0.400. The summed E-state index contributed by atoms with van der Waals surface area (Å²) in [6.45, 7) is 0. The van der Waals surface area contributed by atoms with E-state index in [9.17, 15) is 13.9 Å². The van der Waals surface area contributed by atoms with Gasteiger partial charge in [-0.1, -0.05) is 0 Å². The molecule has 1 aliphatic carbocycles. The Morgan fingerprint density at radius 1 is 1.31 bits per heavy atom. The van der Waals surface area contributed by atoms with E-state index in [1.165, 1.54) is 6.07 Å². The number of benzene rings is 1. The average molecular weight is 184 g/mol. The van der Waals surface area contributed by atoms with E-state index in [-0.39, 0.29) is 0 Å². The number of aliphatic hydroxyl groups is 1. The van der Waals surface area contributed by atoms with Crippen molar-refractivity contribution in [2.75, 3.05) is 0 Å². The summed E-state index contributed by atoms with van der Waals surface area (Å²) in [5.74, 6) is -1.15. The topological polar surface area (TPSA) is 20.2 Å². The standard InChI is InChI=1S/C10H10F2O/c11-6-4-8-7(9(12)5-6)2-1-3-10(8)13/h4-5,10,13H,1-3H2/t10-/m0/s1. The zero-order valence-electron chi connectivity index (χ0n) is 7.06. The molecule has 0 spiro atoms. The van der Waals surface area contributed by atoms with Crippen LogP contribution in [0.3, 0.4) is 0 Å². The van der Waals surface area contributed by atoms with E-state index in [0.29, 0.717) is 24.0 Å². The molecule has 1 atom stereocenters. The Kier molecular flexibility index (Phi) is 2.04. The first-order chi connectivity index (χ1) is 6.18. The van der Waals surface area contributed by atoms with Crippen molar-refractivity contribution in [3.63, 3.8) is 0 Å². The molecule has 2 rings (SSSR count). The molecule has 0 fully saturated rings. The van der Waals surface area contributed by atoms with Crippen LogP contribution in [0.15, 0.2) is 12.1 Å². The largest absolute Gasteiger partial charge is 0.388 e. The summed E-state index contributed by atoms with van der Waals surface area (Å²) >= 11 is 0. The van der Waals surface area contributed by atoms with Crippen molar-refractivity contribution >= 4 is 0 Å². The molecule has 0 bridgehead atoms. The molecule has 70 valence electrons. The Labute approximate surface area is 75.0 Å². The zero-order chi connectivity index (χ0) is 9.42. The molecule has 1 N–H and O–H groups in total. The van der Waals surface area contributed by atoms with E-state index in [1.54, 1.807) is 0 Å². The molecular weight excluding hydrogens is 174 g/mol. The molecule has 13 heavy (non-hydrogen) atoms. The molecule has 3 heteroatoms. The highest BCUT2D eigenvalue weighted by molar-refractivity contribution is 5.33. The highest BCUT2D eigenvalue weighted by Gasteiger charge is 2.21. The third kappa shape index (κ3) is 1.44. The Bertz CT molecular complexity index is 336. The van der Waals surface area contributed by atoms with Crippen LogP contribution in [0, 0.1) is 11.6 Å². The van der Waals surface area contributed by atoms with Crippen LogP contribution in [0.2, 0.25) is 0 Å². The van der Waals surface area contributed by atoms with Crippen LogP contribution in [0.5, 0.6) is 0 Å². The first kappa shape index (κ1) is 8.63. The Hall–Kier alpha value is -0.960. The van der Waals surface area contributed by atoms with Crippen LogP contribution in [-0.4, -0.2) is 5.11 Å². The van der Waals surface area contributed by atoms with E-state index in [1.807, 2.05) is 0 Å². The van der Waals surface area contributed by atoms with Crippen molar-refractivity contribution in [2.24, 2.45) is 0 Å². The Morgan fingerprint density at radius 2 is 2.08 bits per heavy atom. The van der Waals surface area contributed by atoms with Crippen molar-refractivity contribution in [2.45, 2.75) is 25.4 Å². The second-order valence-corrected chi connectivity index (χ2v) is 3.36. The number of rotatable bonds is 0. The summed E-state index contributed by atoms with van der Waals surface area (Å²) in [7, 11) is 0. The van der Waals surface area contributed by atoms with Crippen LogP contribution in [-0.2, 0) is 6.42 Å². The number of fused-ring (bicyclic) bond motifs is 1. The predicted molar refractivity (Wildman–Crippen MR) is 44.3 cm³/mol. The van der Waals surface area contributed by atoms with Gasteiger partial charge in [-0.05, 0) is 36.5 Å². The molecule has 1 aliphatic rings. The van der Waals surface area contributed by atoms with E-state index in [4.69, 9.17) is 0 Å². The van der Waals surface area contributed by atoms with Crippen LogP contribution in [0.1, 0.15) is 30.1 Å². The van der Waals surface area contributed by atoms with Crippen LogP contribution >= 0.6 is 0 Å². The maximum atomic E-state index is 13.2. The highest BCUT2D eigenvalue weighted by Crippen LogP contribution is 2.31. The normalized spacial score (nSPS) is 21.3. The van der Waals surface area contributed by atoms with Gasteiger partial charge in [0.2, 0.25) is 0 Å². The van der Waals surface area contributed by atoms with Gasteiger partial charge in [0, 0.05) is 6.07 Å². The molecule has 1 aromatic carbocycles. The second-order valence-electron chi connectivity index (χ2n) is 3.36. The van der Waals surface area contributed by atoms with Gasteiger partial charge in [-0.2, -0.15) is 0 Å². The summed E-state index contributed by atoms with van der Waals surface area (Å²) in [6, 6.07) is 2.10. The van der Waals surface area contributed by atoms with Gasteiger partial charge in [-0.15, -0.1) is 0 Å². The molecule has 0 amide bonds. The Morgan fingerprint density at radius 3 is 2.85 bits per heavy atom. The van der Waals surface area contributed by atoms with Crippen molar-refractivity contribution in [1.29, 1.82) is 0 Å². The smallest absolute Gasteiger partial charge is 0.129 e. The molecule has 1 nitrogen and oxygen atoms in total. The summed E-state index contributed by atoms with van der Waals surface area (Å²) in [4.78, 5) is 0. The maximum Gasteiger partial charge on any atom is 0.129 e. The van der Waals surface area contributed by atoms with Gasteiger partial charge in [0.1, 0.15) is 11.6 Å². The van der Waals surface area contributed by atoms with Crippen LogP contribution < -0.4 is 0 Å².